The highest BCUT2D eigenvalue weighted by Gasteiger charge is 2.45. The molecule has 0 spiro atoms. The average Bonchev–Trinajstić information content (AvgIpc) is 4.01. The van der Waals surface area contributed by atoms with Crippen LogP contribution in [0, 0.1) is 39.7 Å². The lowest BCUT2D eigenvalue weighted by Crippen LogP contribution is -2.57. The molecule has 5 atom stereocenters. The second-order valence-corrected chi connectivity index (χ2v) is 17.5. The summed E-state index contributed by atoms with van der Waals surface area (Å²) in [5, 5.41) is 26.8. The molecule has 4 amide bonds. The fourth-order valence-corrected chi connectivity index (χ4v) is 9.38. The van der Waals surface area contributed by atoms with E-state index in [-0.39, 0.29) is 61.2 Å². The Morgan fingerprint density at radius 3 is 2.16 bits per heavy atom. The minimum Gasteiger partial charge on any atom is -0.478 e. The maximum absolute atomic E-state index is 14.5. The Labute approximate surface area is 365 Å². The number of carbonyl (C=O) groups excluding carboxylic acids is 8. The van der Waals surface area contributed by atoms with Crippen molar-refractivity contribution in [2.24, 2.45) is 35.3 Å². The predicted octanol–water partition coefficient (Wildman–Crippen LogP) is 4.15. The number of rotatable bonds is 22. The molecule has 0 aromatic heterocycles. The van der Waals surface area contributed by atoms with Crippen LogP contribution in [0.5, 0.6) is 0 Å². The number of carbonyl (C=O) groups is 9. The van der Waals surface area contributed by atoms with Crippen molar-refractivity contribution in [2.45, 2.75) is 134 Å². The van der Waals surface area contributed by atoms with E-state index in [1.807, 2.05) is 0 Å². The van der Waals surface area contributed by atoms with E-state index >= 15 is 0 Å². The van der Waals surface area contributed by atoms with Crippen molar-refractivity contribution in [3.63, 3.8) is 0 Å². The Bertz CT molecular complexity index is 1970. The van der Waals surface area contributed by atoms with E-state index in [1.165, 1.54) is 13.2 Å². The van der Waals surface area contributed by atoms with Crippen LogP contribution in [0.1, 0.15) is 136 Å². The van der Waals surface area contributed by atoms with Crippen molar-refractivity contribution in [1.82, 2.24) is 15.5 Å². The van der Waals surface area contributed by atoms with Gasteiger partial charge in [0.2, 0.25) is 23.6 Å². The van der Waals surface area contributed by atoms with E-state index in [9.17, 15) is 58.4 Å². The predicted molar refractivity (Wildman–Crippen MR) is 225 cm³/mol. The minimum atomic E-state index is -1.60. The van der Waals surface area contributed by atoms with Crippen LogP contribution < -0.4 is 16.4 Å². The molecule has 18 nitrogen and oxygen atoms in total. The lowest BCUT2D eigenvalue weighted by molar-refractivity contribution is -0.384. The number of carboxylic acid groups (broad SMARTS) is 1. The Morgan fingerprint density at radius 1 is 0.921 bits per heavy atom. The highest BCUT2D eigenvalue weighted by atomic mass is 16.6. The van der Waals surface area contributed by atoms with Crippen LogP contribution in [0.25, 0.3) is 0 Å². The first-order valence-corrected chi connectivity index (χ1v) is 22.1. The van der Waals surface area contributed by atoms with E-state index in [0.29, 0.717) is 12.8 Å². The topological polar surface area (TPSA) is 280 Å². The quantitative estimate of drug-likeness (QED) is 0.0419. The third-order valence-corrected chi connectivity index (χ3v) is 13.1. The molecular weight excluding hydrogens is 819 g/mol. The number of methoxy groups -OCH3 is 1. The van der Waals surface area contributed by atoms with E-state index in [1.54, 1.807) is 0 Å². The van der Waals surface area contributed by atoms with Gasteiger partial charge in [-0.3, -0.25) is 43.7 Å². The van der Waals surface area contributed by atoms with Crippen LogP contribution >= 0.6 is 0 Å². The molecule has 0 unspecified atom stereocenters. The fourth-order valence-electron chi connectivity index (χ4n) is 9.38. The molecule has 3 aliphatic carbocycles. The van der Waals surface area contributed by atoms with Crippen LogP contribution in [0.15, 0.2) is 30.4 Å². The third kappa shape index (κ3) is 13.3. The summed E-state index contributed by atoms with van der Waals surface area (Å²) < 4.78 is 4.61. The number of nitro groups is 1. The number of primary amides is 1. The summed E-state index contributed by atoms with van der Waals surface area (Å²) >= 11 is 0. The Hall–Kier alpha value is -5.81. The van der Waals surface area contributed by atoms with Crippen LogP contribution in [-0.4, -0.2) is 99.6 Å². The molecule has 1 aromatic carbocycles. The van der Waals surface area contributed by atoms with Gasteiger partial charge in [-0.2, -0.15) is 0 Å². The first-order chi connectivity index (χ1) is 30.1. The van der Waals surface area contributed by atoms with E-state index in [0.717, 1.165) is 93.4 Å². The van der Waals surface area contributed by atoms with Crippen molar-refractivity contribution in [1.29, 1.82) is 0 Å². The minimum absolute atomic E-state index is 0.0272. The normalized spacial score (nSPS) is 20.3. The number of carboxylic acids is 1. The number of nitro benzene ring substituents is 1. The third-order valence-electron chi connectivity index (χ3n) is 13.1. The molecule has 5 rings (SSSR count). The summed E-state index contributed by atoms with van der Waals surface area (Å²) in [7, 11) is 1.18. The number of nitrogens with two attached hydrogens (primary N) is 1. The van der Waals surface area contributed by atoms with Crippen molar-refractivity contribution in [2.75, 3.05) is 13.7 Å². The number of nitrogens with one attached hydrogen (secondary N) is 2. The highest BCUT2D eigenvalue weighted by Crippen LogP contribution is 2.36. The number of ether oxygens (including phenoxy) is 1. The number of aromatic carboxylic acids is 1. The summed E-state index contributed by atoms with van der Waals surface area (Å²) in [6.45, 7) is -0.417. The summed E-state index contributed by atoms with van der Waals surface area (Å²) in [6.07, 6.45) is 11.8. The van der Waals surface area contributed by atoms with Gasteiger partial charge in [0.05, 0.1) is 30.2 Å². The summed E-state index contributed by atoms with van der Waals surface area (Å²) in [5.41, 5.74) is 4.29. The number of likely N-dealkylation sites (tertiary alicyclic amines) is 1. The van der Waals surface area contributed by atoms with Crippen molar-refractivity contribution in [3.8, 4) is 0 Å². The van der Waals surface area contributed by atoms with Crippen molar-refractivity contribution in [3.05, 3.63) is 51.6 Å². The number of ketones is 3. The van der Waals surface area contributed by atoms with Gasteiger partial charge in [-0.25, -0.2) is 9.59 Å². The van der Waals surface area contributed by atoms with Gasteiger partial charge in [0, 0.05) is 54.9 Å². The first kappa shape index (κ1) is 48.2. The molecule has 1 aromatic rings. The smallest absolute Gasteiger partial charge is 0.336 e. The highest BCUT2D eigenvalue weighted by molar-refractivity contribution is 6.07. The standard InChI is InChI=1S/C45H59N5O13/c1-63-39(54)15-9-8-14-29(21-37(52)32-19-18-30(50(61)62)22-34(32)45(59)60)42(56)47-35(20-26-16-17-26)44(58)49-25-31(51)23-36(49)43(57)48-40(28-12-6-3-7-13-28)38(53)24-33(41(46)55)27-10-4-2-5-11-27/h9,15,18-19,22,26-29,33,35-36,40H,2-8,10-14,16-17,20-21,23-25H2,1H3,(H2,46,55)(H,47,56)(H,48,57)(H,59,60)/b15-9+/t29-,33+,35+,36+,40+/m1/s1. The number of hydrogen-bond acceptors (Lipinski definition) is 12. The summed E-state index contributed by atoms with van der Waals surface area (Å²) in [6, 6.07) is -0.742. The number of hydrogen-bond donors (Lipinski definition) is 4. The number of benzene rings is 1. The van der Waals surface area contributed by atoms with Crippen molar-refractivity contribution < 1.29 is 57.9 Å². The van der Waals surface area contributed by atoms with Gasteiger partial charge in [0.25, 0.3) is 5.69 Å². The maximum Gasteiger partial charge on any atom is 0.336 e. The number of non-ortho nitro benzene ring substituents is 1. The van der Waals surface area contributed by atoms with E-state index in [4.69, 9.17) is 5.73 Å². The molecule has 18 heteroatoms. The van der Waals surface area contributed by atoms with Gasteiger partial charge in [-0.05, 0) is 68.8 Å². The molecule has 63 heavy (non-hydrogen) atoms. The molecule has 0 bridgehead atoms. The number of Topliss-reactive ketones (excluding diaryl/α,β-unsaturated/α-hetero) is 3. The van der Waals surface area contributed by atoms with Gasteiger partial charge in [-0.15, -0.1) is 0 Å². The average molecular weight is 878 g/mol. The van der Waals surface area contributed by atoms with Crippen LogP contribution in [0.3, 0.4) is 0 Å². The largest absolute Gasteiger partial charge is 0.478 e. The van der Waals surface area contributed by atoms with Crippen LogP contribution in [0.2, 0.25) is 0 Å². The molecular formula is C45H59N5O13. The monoisotopic (exact) mass is 877 g/mol. The SMILES string of the molecule is COC(=O)/C=C/CC[C@H](CC(=O)c1ccc([N+](=O)[O-])cc1C(=O)O)C(=O)N[C@@H](CC1CC1)C(=O)N1CC(=O)C[C@H]1C(=O)N[C@H](C(=O)C[C@H](C(N)=O)C1CCCCC1)C1CCCCC1. The lowest BCUT2D eigenvalue weighted by atomic mass is 9.75. The number of allylic oxidation sites excluding steroid dienone is 1. The first-order valence-electron chi connectivity index (χ1n) is 22.1. The molecule has 4 aliphatic rings. The van der Waals surface area contributed by atoms with E-state index in [2.05, 4.69) is 15.4 Å². The van der Waals surface area contributed by atoms with Gasteiger partial charge < -0.3 is 31.1 Å². The molecule has 342 valence electrons. The lowest BCUT2D eigenvalue weighted by Gasteiger charge is -2.34. The Kier molecular flexibility index (Phi) is 17.2. The zero-order valence-corrected chi connectivity index (χ0v) is 35.8. The number of amides is 4. The molecule has 4 fully saturated rings. The zero-order valence-electron chi connectivity index (χ0n) is 35.8. The Balaban J connectivity index is 1.36. The molecule has 1 heterocycles. The fraction of sp³-hybridized carbons (Fsp3) is 0.622. The molecule has 1 saturated heterocycles. The maximum atomic E-state index is 14.5. The van der Waals surface area contributed by atoms with Gasteiger partial charge in [-0.1, -0.05) is 57.4 Å². The van der Waals surface area contributed by atoms with E-state index < -0.39 is 106 Å². The van der Waals surface area contributed by atoms with Crippen molar-refractivity contribution >= 4 is 58.6 Å². The second kappa shape index (κ2) is 22.5. The zero-order chi connectivity index (χ0) is 45.8. The molecule has 0 radical (unpaired) electrons. The molecule has 5 N–H and O–H groups in total. The van der Waals surface area contributed by atoms with Gasteiger partial charge in [0.15, 0.2) is 17.3 Å². The molecule has 3 saturated carbocycles. The van der Waals surface area contributed by atoms with Gasteiger partial charge in [0.1, 0.15) is 12.1 Å². The van der Waals surface area contributed by atoms with Crippen LogP contribution in [-0.2, 0) is 38.3 Å². The number of esters is 1. The number of nitrogens with zero attached hydrogens (tertiary/aromatic N) is 2. The second-order valence-electron chi connectivity index (χ2n) is 17.5. The Morgan fingerprint density at radius 2 is 1.57 bits per heavy atom. The van der Waals surface area contributed by atoms with Crippen LogP contribution in [0.4, 0.5) is 5.69 Å². The summed E-state index contributed by atoms with van der Waals surface area (Å²) in [5.74, 6) is -8.54. The summed E-state index contributed by atoms with van der Waals surface area (Å²) in [4.78, 5) is 132. The van der Waals surface area contributed by atoms with Gasteiger partial charge >= 0.3 is 11.9 Å². The molecule has 1 aliphatic heterocycles.